The Morgan fingerprint density at radius 2 is 1.95 bits per heavy atom. The molecule has 0 bridgehead atoms. The van der Waals surface area contributed by atoms with E-state index < -0.39 is 5.97 Å². The van der Waals surface area contributed by atoms with Gasteiger partial charge < -0.3 is 15.3 Å². The fraction of sp³-hybridized carbons (Fsp3) is 0.0667. The van der Waals surface area contributed by atoms with Crippen LogP contribution in [0.5, 0.6) is 11.5 Å². The van der Waals surface area contributed by atoms with Crippen molar-refractivity contribution in [2.24, 2.45) is 10.9 Å². The third kappa shape index (κ3) is 3.61. The monoisotopic (exact) mass is 348 g/mol. The zero-order chi connectivity index (χ0) is 15.2. The van der Waals surface area contributed by atoms with E-state index in [-0.39, 0.29) is 0 Å². The van der Waals surface area contributed by atoms with Crippen LogP contribution < -0.4 is 15.3 Å². The molecule has 21 heavy (non-hydrogen) atoms. The molecule has 0 aliphatic rings. The highest BCUT2D eigenvalue weighted by Gasteiger charge is 2.14. The summed E-state index contributed by atoms with van der Waals surface area (Å²) in [6.07, 6.45) is 1.47. The molecule has 0 aromatic heterocycles. The van der Waals surface area contributed by atoms with Gasteiger partial charge in [-0.2, -0.15) is 5.10 Å². The number of carbonyl (C=O) groups excluding carboxylic acids is 1. The average molecular weight is 349 g/mol. The van der Waals surface area contributed by atoms with Crippen molar-refractivity contribution >= 4 is 28.1 Å². The lowest BCUT2D eigenvalue weighted by Crippen LogP contribution is -2.09. The van der Waals surface area contributed by atoms with E-state index in [1.807, 2.05) is 6.07 Å². The van der Waals surface area contributed by atoms with E-state index in [4.69, 9.17) is 15.3 Å². The van der Waals surface area contributed by atoms with Crippen LogP contribution in [0.1, 0.15) is 15.9 Å². The zero-order valence-corrected chi connectivity index (χ0v) is 12.8. The topological polar surface area (TPSA) is 73.9 Å². The number of esters is 1. The second kappa shape index (κ2) is 6.90. The first kappa shape index (κ1) is 15.1. The van der Waals surface area contributed by atoms with Gasteiger partial charge in [-0.1, -0.05) is 18.2 Å². The van der Waals surface area contributed by atoms with Gasteiger partial charge in [0, 0.05) is 10.0 Å². The smallest absolute Gasteiger partial charge is 0.343 e. The largest absolute Gasteiger partial charge is 0.493 e. The van der Waals surface area contributed by atoms with Gasteiger partial charge in [-0.15, -0.1) is 0 Å². The van der Waals surface area contributed by atoms with E-state index in [1.54, 1.807) is 36.4 Å². The summed E-state index contributed by atoms with van der Waals surface area (Å²) >= 11 is 3.36. The maximum Gasteiger partial charge on any atom is 0.343 e. The molecule has 0 aliphatic heterocycles. The van der Waals surface area contributed by atoms with Crippen LogP contribution in [0.25, 0.3) is 0 Å². The Kier molecular flexibility index (Phi) is 4.94. The van der Waals surface area contributed by atoms with Crippen molar-refractivity contribution in [3.63, 3.8) is 0 Å². The number of carbonyl (C=O) groups is 1. The second-order valence-electron chi connectivity index (χ2n) is 4.06. The van der Waals surface area contributed by atoms with E-state index in [0.717, 1.165) is 0 Å². The van der Waals surface area contributed by atoms with E-state index in [2.05, 4.69) is 21.0 Å². The van der Waals surface area contributed by atoms with Crippen LogP contribution in [0.4, 0.5) is 0 Å². The highest BCUT2D eigenvalue weighted by atomic mass is 79.9. The van der Waals surface area contributed by atoms with Crippen molar-refractivity contribution in [3.8, 4) is 11.5 Å². The lowest BCUT2D eigenvalue weighted by Gasteiger charge is -2.11. The number of hydrogen-bond acceptors (Lipinski definition) is 5. The number of hydrazone groups is 1. The first-order valence-corrected chi connectivity index (χ1v) is 6.83. The zero-order valence-electron chi connectivity index (χ0n) is 11.2. The summed E-state index contributed by atoms with van der Waals surface area (Å²) in [5, 5.41) is 3.46. The van der Waals surface area contributed by atoms with Crippen molar-refractivity contribution in [2.45, 2.75) is 0 Å². The lowest BCUT2D eigenvalue weighted by atomic mass is 10.2. The molecule has 0 atom stereocenters. The van der Waals surface area contributed by atoms with Gasteiger partial charge in [-0.05, 0) is 40.2 Å². The van der Waals surface area contributed by atoms with E-state index in [1.165, 1.54) is 13.3 Å². The maximum atomic E-state index is 12.1. The molecular weight excluding hydrogens is 336 g/mol. The normalized spacial score (nSPS) is 10.6. The molecule has 2 rings (SSSR count). The molecular formula is C15H13BrN2O3. The predicted molar refractivity (Wildman–Crippen MR) is 83.9 cm³/mol. The number of methoxy groups -OCH3 is 1. The third-order valence-electron chi connectivity index (χ3n) is 2.71. The first-order chi connectivity index (χ1) is 10.2. The van der Waals surface area contributed by atoms with Gasteiger partial charge >= 0.3 is 5.97 Å². The van der Waals surface area contributed by atoms with Gasteiger partial charge in [0.1, 0.15) is 0 Å². The molecule has 0 spiro atoms. The summed E-state index contributed by atoms with van der Waals surface area (Å²) in [5.74, 6) is 5.41. The van der Waals surface area contributed by atoms with Crippen molar-refractivity contribution in [3.05, 3.63) is 58.1 Å². The van der Waals surface area contributed by atoms with Crippen LogP contribution in [-0.4, -0.2) is 19.3 Å². The highest BCUT2D eigenvalue weighted by Crippen LogP contribution is 2.33. The number of nitrogens with zero attached hydrogens (tertiary/aromatic N) is 1. The van der Waals surface area contributed by atoms with Crippen LogP contribution >= 0.6 is 15.9 Å². The van der Waals surface area contributed by atoms with Crippen molar-refractivity contribution in [2.75, 3.05) is 7.11 Å². The molecule has 0 amide bonds. The summed E-state index contributed by atoms with van der Waals surface area (Å²) in [4.78, 5) is 12.1. The van der Waals surface area contributed by atoms with E-state index in [9.17, 15) is 4.79 Å². The lowest BCUT2D eigenvalue weighted by molar-refractivity contribution is 0.0729. The molecule has 6 heteroatoms. The van der Waals surface area contributed by atoms with Crippen LogP contribution in [0.3, 0.4) is 0 Å². The van der Waals surface area contributed by atoms with Gasteiger partial charge in [0.2, 0.25) is 0 Å². The van der Waals surface area contributed by atoms with Crippen molar-refractivity contribution < 1.29 is 14.3 Å². The Hall–Kier alpha value is -2.34. The SMILES string of the molecule is COc1cc(C=NN)c(Br)cc1OC(=O)c1ccccc1. The van der Waals surface area contributed by atoms with Gasteiger partial charge in [-0.25, -0.2) is 4.79 Å². The molecule has 0 heterocycles. The highest BCUT2D eigenvalue weighted by molar-refractivity contribution is 9.10. The summed E-state index contributed by atoms with van der Waals surface area (Å²) in [6.45, 7) is 0. The van der Waals surface area contributed by atoms with Crippen molar-refractivity contribution in [1.29, 1.82) is 0 Å². The fourth-order valence-electron chi connectivity index (χ4n) is 1.70. The molecule has 0 saturated carbocycles. The molecule has 2 N–H and O–H groups in total. The molecule has 5 nitrogen and oxygen atoms in total. The number of benzene rings is 2. The minimum Gasteiger partial charge on any atom is -0.493 e. The average Bonchev–Trinajstić information content (AvgIpc) is 2.51. The first-order valence-electron chi connectivity index (χ1n) is 6.03. The summed E-state index contributed by atoms with van der Waals surface area (Å²) in [5.41, 5.74) is 1.18. The van der Waals surface area contributed by atoms with E-state index in [0.29, 0.717) is 27.1 Å². The van der Waals surface area contributed by atoms with Gasteiger partial charge in [0.25, 0.3) is 0 Å². The number of halogens is 1. The van der Waals surface area contributed by atoms with Gasteiger partial charge in [-0.3, -0.25) is 0 Å². The Bertz CT molecular complexity index is 672. The minimum absolute atomic E-state index is 0.312. The van der Waals surface area contributed by atoms with Crippen LogP contribution in [0.2, 0.25) is 0 Å². The fourth-order valence-corrected chi connectivity index (χ4v) is 2.13. The molecule has 2 aromatic rings. The van der Waals surface area contributed by atoms with Crippen LogP contribution in [-0.2, 0) is 0 Å². The van der Waals surface area contributed by atoms with Gasteiger partial charge in [0.15, 0.2) is 11.5 Å². The Morgan fingerprint density at radius 1 is 1.24 bits per heavy atom. The molecule has 0 unspecified atom stereocenters. The van der Waals surface area contributed by atoms with Crippen LogP contribution in [0.15, 0.2) is 52.0 Å². The molecule has 0 fully saturated rings. The third-order valence-corrected chi connectivity index (χ3v) is 3.40. The summed E-state index contributed by atoms with van der Waals surface area (Å²) in [7, 11) is 1.49. The molecule has 2 aromatic carbocycles. The molecule has 0 aliphatic carbocycles. The van der Waals surface area contributed by atoms with Gasteiger partial charge in [0.05, 0.1) is 18.9 Å². The maximum absolute atomic E-state index is 12.1. The molecule has 108 valence electrons. The summed E-state index contributed by atoms with van der Waals surface area (Å²) in [6, 6.07) is 12.0. The molecule has 0 saturated heterocycles. The number of nitrogens with two attached hydrogens (primary N) is 1. The Balaban J connectivity index is 2.31. The molecule has 0 radical (unpaired) electrons. The standard InChI is InChI=1S/C15H13BrN2O3/c1-20-13-7-11(9-18-17)12(16)8-14(13)21-15(19)10-5-3-2-4-6-10/h2-9H,17H2,1H3. The Morgan fingerprint density at radius 3 is 2.57 bits per heavy atom. The summed E-state index contributed by atoms with van der Waals surface area (Å²) < 4.78 is 11.3. The number of hydrogen-bond donors (Lipinski definition) is 1. The van der Waals surface area contributed by atoms with Crippen molar-refractivity contribution in [1.82, 2.24) is 0 Å². The second-order valence-corrected chi connectivity index (χ2v) is 4.91. The minimum atomic E-state index is -0.457. The predicted octanol–water partition coefficient (Wildman–Crippen LogP) is 2.97. The van der Waals surface area contributed by atoms with Crippen LogP contribution in [0, 0.1) is 0 Å². The number of rotatable bonds is 4. The number of ether oxygens (including phenoxy) is 2. The quantitative estimate of drug-likeness (QED) is 0.303. The van der Waals surface area contributed by atoms with E-state index >= 15 is 0 Å². The Labute approximate surface area is 130 Å².